The molecule has 17 heavy (non-hydrogen) atoms. The Kier molecular flexibility index (Phi) is 5.69. The monoisotopic (exact) mass is 239 g/mol. The van der Waals surface area contributed by atoms with Gasteiger partial charge in [0.25, 0.3) is 0 Å². The Morgan fingerprint density at radius 2 is 2.06 bits per heavy atom. The van der Waals surface area contributed by atoms with E-state index in [1.54, 1.807) is 0 Å². The summed E-state index contributed by atoms with van der Waals surface area (Å²) < 4.78 is 4.90. The summed E-state index contributed by atoms with van der Waals surface area (Å²) in [5.74, 6) is 1.30. The van der Waals surface area contributed by atoms with Crippen molar-refractivity contribution in [1.29, 1.82) is 0 Å². The second-order valence-corrected chi connectivity index (χ2v) is 5.17. The zero-order valence-electron chi connectivity index (χ0n) is 11.3. The Morgan fingerprint density at radius 3 is 2.65 bits per heavy atom. The minimum absolute atomic E-state index is 0.280. The molecule has 0 radical (unpaired) electrons. The summed E-state index contributed by atoms with van der Waals surface area (Å²) in [4.78, 5) is 11.4. The fraction of sp³-hybridized carbons (Fsp3) is 0.786. The second-order valence-electron chi connectivity index (χ2n) is 5.17. The highest BCUT2D eigenvalue weighted by molar-refractivity contribution is 5.88. The lowest BCUT2D eigenvalue weighted by Crippen LogP contribution is -2.38. The fourth-order valence-electron chi connectivity index (χ4n) is 2.31. The summed E-state index contributed by atoms with van der Waals surface area (Å²) in [6.45, 7) is 11.1. The van der Waals surface area contributed by atoms with Gasteiger partial charge in [0.05, 0.1) is 6.61 Å². The number of rotatable bonds is 5. The average Bonchev–Trinajstić information content (AvgIpc) is 2.30. The van der Waals surface area contributed by atoms with Crippen molar-refractivity contribution in [3.8, 4) is 0 Å². The lowest BCUT2D eigenvalue weighted by atomic mass is 9.79. The van der Waals surface area contributed by atoms with E-state index in [2.05, 4.69) is 25.7 Å². The predicted octanol–water partition coefficient (Wildman–Crippen LogP) is 2.52. The number of nitrogens with one attached hydrogen (secondary N) is 1. The van der Waals surface area contributed by atoms with Crippen molar-refractivity contribution >= 4 is 5.97 Å². The third-order valence-electron chi connectivity index (χ3n) is 3.77. The summed E-state index contributed by atoms with van der Waals surface area (Å²) in [5.41, 5.74) is 0.526. The summed E-state index contributed by atoms with van der Waals surface area (Å²) in [7, 11) is 0. The molecule has 1 rings (SSSR count). The summed E-state index contributed by atoms with van der Waals surface area (Å²) >= 11 is 0. The first-order valence-corrected chi connectivity index (χ1v) is 6.62. The van der Waals surface area contributed by atoms with E-state index in [0.29, 0.717) is 24.8 Å². The van der Waals surface area contributed by atoms with Crippen molar-refractivity contribution in [3.05, 3.63) is 12.2 Å². The van der Waals surface area contributed by atoms with Gasteiger partial charge >= 0.3 is 5.97 Å². The highest BCUT2D eigenvalue weighted by Gasteiger charge is 2.24. The van der Waals surface area contributed by atoms with E-state index in [4.69, 9.17) is 4.74 Å². The molecule has 0 aromatic heterocycles. The maximum absolute atomic E-state index is 11.4. The Morgan fingerprint density at radius 1 is 1.35 bits per heavy atom. The molecule has 1 N–H and O–H groups in total. The van der Waals surface area contributed by atoms with Gasteiger partial charge in [-0.2, -0.15) is 0 Å². The van der Waals surface area contributed by atoms with Crippen molar-refractivity contribution in [2.75, 3.05) is 13.2 Å². The molecule has 1 aliphatic rings. The van der Waals surface area contributed by atoms with E-state index in [1.165, 1.54) is 19.3 Å². The van der Waals surface area contributed by atoms with Crippen LogP contribution in [0.2, 0.25) is 0 Å². The number of hydrogen-bond donors (Lipinski definition) is 1. The lowest BCUT2D eigenvalue weighted by Gasteiger charge is -2.32. The van der Waals surface area contributed by atoms with Crippen LogP contribution in [-0.2, 0) is 9.53 Å². The van der Waals surface area contributed by atoms with Crippen LogP contribution < -0.4 is 5.32 Å². The molecule has 0 amide bonds. The van der Waals surface area contributed by atoms with E-state index < -0.39 is 0 Å². The second kappa shape index (κ2) is 6.80. The van der Waals surface area contributed by atoms with Crippen LogP contribution in [0.25, 0.3) is 0 Å². The van der Waals surface area contributed by atoms with Crippen LogP contribution in [0, 0.1) is 11.8 Å². The average molecular weight is 239 g/mol. The summed E-state index contributed by atoms with van der Waals surface area (Å²) in [6, 6.07) is 0.521. The SMILES string of the molecule is C=C(CNC1CCC(C)C(C)C1)C(=O)OCC. The van der Waals surface area contributed by atoms with Gasteiger partial charge in [0.2, 0.25) is 0 Å². The van der Waals surface area contributed by atoms with Gasteiger partial charge in [0, 0.05) is 18.2 Å². The van der Waals surface area contributed by atoms with Gasteiger partial charge in [-0.15, -0.1) is 0 Å². The molecule has 3 unspecified atom stereocenters. The number of esters is 1. The molecule has 0 aliphatic heterocycles. The van der Waals surface area contributed by atoms with Crippen LogP contribution in [0.4, 0.5) is 0 Å². The zero-order chi connectivity index (χ0) is 12.8. The van der Waals surface area contributed by atoms with E-state index in [1.807, 2.05) is 6.92 Å². The van der Waals surface area contributed by atoms with Crippen molar-refractivity contribution in [1.82, 2.24) is 5.32 Å². The maximum atomic E-state index is 11.4. The standard InChI is InChI=1S/C14H25NO2/c1-5-17-14(16)12(4)9-15-13-7-6-10(2)11(3)8-13/h10-11,13,15H,4-9H2,1-3H3. The van der Waals surface area contributed by atoms with Gasteiger partial charge in [-0.25, -0.2) is 4.79 Å². The van der Waals surface area contributed by atoms with Gasteiger partial charge in [-0.1, -0.05) is 20.4 Å². The third kappa shape index (κ3) is 4.50. The Labute approximate surface area is 105 Å². The van der Waals surface area contributed by atoms with Crippen molar-refractivity contribution in [3.63, 3.8) is 0 Å². The highest BCUT2D eigenvalue weighted by atomic mass is 16.5. The van der Waals surface area contributed by atoms with Gasteiger partial charge in [0.1, 0.15) is 0 Å². The van der Waals surface area contributed by atoms with Crippen LogP contribution in [0.15, 0.2) is 12.2 Å². The smallest absolute Gasteiger partial charge is 0.334 e. The van der Waals surface area contributed by atoms with Crippen LogP contribution in [-0.4, -0.2) is 25.2 Å². The molecule has 0 spiro atoms. The number of carbonyl (C=O) groups is 1. The molecule has 1 saturated carbocycles. The van der Waals surface area contributed by atoms with Gasteiger partial charge in [-0.05, 0) is 38.0 Å². The molecule has 3 atom stereocenters. The third-order valence-corrected chi connectivity index (χ3v) is 3.77. The minimum atomic E-state index is -0.280. The zero-order valence-corrected chi connectivity index (χ0v) is 11.3. The number of hydrogen-bond acceptors (Lipinski definition) is 3. The molecule has 1 aliphatic carbocycles. The Balaban J connectivity index is 2.27. The van der Waals surface area contributed by atoms with E-state index in [0.717, 1.165) is 11.8 Å². The van der Waals surface area contributed by atoms with E-state index in [-0.39, 0.29) is 5.97 Å². The molecule has 0 heterocycles. The Bertz CT molecular complexity index is 275. The molecule has 0 bridgehead atoms. The van der Waals surface area contributed by atoms with Crippen LogP contribution in [0.1, 0.15) is 40.0 Å². The molecule has 0 aromatic rings. The maximum Gasteiger partial charge on any atom is 0.334 e. The van der Waals surface area contributed by atoms with Crippen molar-refractivity contribution in [2.45, 2.75) is 46.1 Å². The molecular weight excluding hydrogens is 214 g/mol. The molecule has 0 saturated heterocycles. The first kappa shape index (κ1) is 14.2. The largest absolute Gasteiger partial charge is 0.463 e. The highest BCUT2D eigenvalue weighted by Crippen LogP contribution is 2.29. The number of ether oxygens (including phenoxy) is 1. The van der Waals surface area contributed by atoms with Gasteiger partial charge < -0.3 is 10.1 Å². The molecule has 98 valence electrons. The summed E-state index contributed by atoms with van der Waals surface area (Å²) in [5, 5.41) is 3.41. The van der Waals surface area contributed by atoms with Crippen LogP contribution in [0.5, 0.6) is 0 Å². The normalized spacial score (nSPS) is 28.8. The predicted molar refractivity (Wildman–Crippen MR) is 69.7 cm³/mol. The minimum Gasteiger partial charge on any atom is -0.463 e. The Hall–Kier alpha value is -0.830. The first-order chi connectivity index (χ1) is 8.04. The first-order valence-electron chi connectivity index (χ1n) is 6.62. The van der Waals surface area contributed by atoms with E-state index >= 15 is 0 Å². The topological polar surface area (TPSA) is 38.3 Å². The fourth-order valence-corrected chi connectivity index (χ4v) is 2.31. The molecular formula is C14H25NO2. The van der Waals surface area contributed by atoms with E-state index in [9.17, 15) is 4.79 Å². The van der Waals surface area contributed by atoms with Crippen molar-refractivity contribution < 1.29 is 9.53 Å². The molecule has 3 heteroatoms. The number of carbonyl (C=O) groups excluding carboxylic acids is 1. The van der Waals surface area contributed by atoms with Crippen LogP contribution >= 0.6 is 0 Å². The molecule has 1 fully saturated rings. The molecule has 3 nitrogen and oxygen atoms in total. The summed E-state index contributed by atoms with van der Waals surface area (Å²) in [6.07, 6.45) is 3.66. The van der Waals surface area contributed by atoms with Gasteiger partial charge in [0.15, 0.2) is 0 Å². The quantitative estimate of drug-likeness (QED) is 0.592. The van der Waals surface area contributed by atoms with Gasteiger partial charge in [-0.3, -0.25) is 0 Å². The van der Waals surface area contributed by atoms with Crippen molar-refractivity contribution in [2.24, 2.45) is 11.8 Å². The molecule has 0 aromatic carbocycles. The van der Waals surface area contributed by atoms with Crippen LogP contribution in [0.3, 0.4) is 0 Å². The lowest BCUT2D eigenvalue weighted by molar-refractivity contribution is -0.138.